The predicted molar refractivity (Wildman–Crippen MR) is 131 cm³/mol. The first-order valence-corrected chi connectivity index (χ1v) is 12.7. The third-order valence-electron chi connectivity index (χ3n) is 6.01. The molecule has 1 fully saturated rings. The Morgan fingerprint density at radius 3 is 2.46 bits per heavy atom. The predicted octanol–water partition coefficient (Wildman–Crippen LogP) is 2.68. The fourth-order valence-electron chi connectivity index (χ4n) is 3.92. The van der Waals surface area contributed by atoms with Crippen molar-refractivity contribution in [3.8, 4) is 0 Å². The minimum Gasteiger partial charge on any atom is -0.354 e. The molecule has 2 amide bonds. The van der Waals surface area contributed by atoms with Crippen molar-refractivity contribution in [2.75, 3.05) is 7.05 Å². The molecule has 0 aliphatic heterocycles. The molecule has 0 unspecified atom stereocenters. The van der Waals surface area contributed by atoms with Crippen LogP contribution in [0.1, 0.15) is 44.9 Å². The summed E-state index contributed by atoms with van der Waals surface area (Å²) in [6.45, 7) is 2.15. The zero-order valence-electron chi connectivity index (χ0n) is 19.4. The fraction of sp³-hybridized carbons (Fsp3) is 0.240. The van der Waals surface area contributed by atoms with Gasteiger partial charge in [0.05, 0.1) is 17.0 Å². The molecule has 1 aliphatic carbocycles. The highest BCUT2D eigenvalue weighted by Crippen LogP contribution is 2.24. The number of benzene rings is 2. The van der Waals surface area contributed by atoms with Gasteiger partial charge >= 0.3 is 0 Å². The molecule has 5 rings (SSSR count). The van der Waals surface area contributed by atoms with E-state index in [2.05, 4.69) is 15.7 Å². The first-order chi connectivity index (χ1) is 16.8. The van der Waals surface area contributed by atoms with Crippen LogP contribution in [0.3, 0.4) is 0 Å². The molecule has 1 saturated carbocycles. The SMILES string of the molecule is CNC(=O)c1cc(C(=O)NC2CC2)n(Cc2ccc3c(ccn3S(=O)(=O)c3ccc(C)cc3)c2)n1. The normalized spacial score (nSPS) is 13.7. The summed E-state index contributed by atoms with van der Waals surface area (Å²) in [7, 11) is -2.23. The molecular weight excluding hydrogens is 466 g/mol. The van der Waals surface area contributed by atoms with Crippen LogP contribution in [0.5, 0.6) is 0 Å². The molecular formula is C25H25N5O4S. The lowest BCUT2D eigenvalue weighted by Gasteiger charge is -2.10. The molecule has 180 valence electrons. The largest absolute Gasteiger partial charge is 0.354 e. The van der Waals surface area contributed by atoms with Crippen LogP contribution >= 0.6 is 0 Å². The number of rotatable bonds is 7. The third-order valence-corrected chi connectivity index (χ3v) is 7.72. The van der Waals surface area contributed by atoms with E-state index in [9.17, 15) is 18.0 Å². The van der Waals surface area contributed by atoms with E-state index in [-0.39, 0.29) is 35.0 Å². The lowest BCUT2D eigenvalue weighted by Crippen LogP contribution is -2.28. The van der Waals surface area contributed by atoms with Crippen molar-refractivity contribution >= 4 is 32.7 Å². The Balaban J connectivity index is 1.47. The number of nitrogens with one attached hydrogen (secondary N) is 2. The van der Waals surface area contributed by atoms with Crippen LogP contribution in [-0.4, -0.2) is 47.1 Å². The summed E-state index contributed by atoms with van der Waals surface area (Å²) in [6.07, 6.45) is 3.43. The van der Waals surface area contributed by atoms with Crippen LogP contribution in [0.25, 0.3) is 10.9 Å². The maximum Gasteiger partial charge on any atom is 0.271 e. The molecule has 2 N–H and O–H groups in total. The molecule has 9 nitrogen and oxygen atoms in total. The molecule has 2 heterocycles. The van der Waals surface area contributed by atoms with Gasteiger partial charge in [-0.15, -0.1) is 0 Å². The number of amides is 2. The average molecular weight is 492 g/mol. The number of hydrogen-bond acceptors (Lipinski definition) is 5. The maximum atomic E-state index is 13.2. The standard InChI is InChI=1S/C25H25N5O4S/c1-16-3-8-20(9-4-16)35(33,34)30-12-11-18-13-17(5-10-22(18)30)15-29-23(25(32)27-19-6-7-19)14-21(28-29)24(31)26-2/h3-5,8-14,19H,6-7,15H2,1-2H3,(H,26,31)(H,27,32). The summed E-state index contributed by atoms with van der Waals surface area (Å²) in [5.74, 6) is -0.648. The van der Waals surface area contributed by atoms with E-state index < -0.39 is 10.0 Å². The van der Waals surface area contributed by atoms with Crippen molar-refractivity contribution in [1.29, 1.82) is 0 Å². The van der Waals surface area contributed by atoms with Gasteiger partial charge in [0.2, 0.25) is 0 Å². The summed E-state index contributed by atoms with van der Waals surface area (Å²) in [5, 5.41) is 10.5. The van der Waals surface area contributed by atoms with Gasteiger partial charge in [0.15, 0.2) is 5.69 Å². The number of fused-ring (bicyclic) bond motifs is 1. The zero-order valence-corrected chi connectivity index (χ0v) is 20.2. The van der Waals surface area contributed by atoms with E-state index in [1.807, 2.05) is 13.0 Å². The molecule has 35 heavy (non-hydrogen) atoms. The first-order valence-electron chi connectivity index (χ1n) is 11.3. The number of aromatic nitrogens is 3. The van der Waals surface area contributed by atoms with E-state index in [1.54, 1.807) is 42.5 Å². The van der Waals surface area contributed by atoms with Gasteiger partial charge in [-0.3, -0.25) is 14.3 Å². The lowest BCUT2D eigenvalue weighted by molar-refractivity contribution is 0.0937. The van der Waals surface area contributed by atoms with Gasteiger partial charge < -0.3 is 10.6 Å². The van der Waals surface area contributed by atoms with Gasteiger partial charge in [-0.05, 0) is 55.7 Å². The second-order valence-corrected chi connectivity index (χ2v) is 10.5. The van der Waals surface area contributed by atoms with Crippen molar-refractivity contribution in [1.82, 2.24) is 24.4 Å². The summed E-state index contributed by atoms with van der Waals surface area (Å²) in [4.78, 5) is 25.1. The molecule has 2 aromatic heterocycles. The fourth-order valence-corrected chi connectivity index (χ4v) is 5.27. The van der Waals surface area contributed by atoms with Gasteiger partial charge in [-0.2, -0.15) is 5.10 Å². The molecule has 1 aliphatic rings. The van der Waals surface area contributed by atoms with E-state index in [0.29, 0.717) is 11.2 Å². The van der Waals surface area contributed by atoms with E-state index in [4.69, 9.17) is 0 Å². The van der Waals surface area contributed by atoms with Crippen molar-refractivity contribution in [3.63, 3.8) is 0 Å². The van der Waals surface area contributed by atoms with Crippen molar-refractivity contribution in [3.05, 3.63) is 83.3 Å². The van der Waals surface area contributed by atoms with E-state index in [0.717, 1.165) is 29.4 Å². The number of hydrogen-bond donors (Lipinski definition) is 2. The van der Waals surface area contributed by atoms with Gasteiger partial charge in [-0.1, -0.05) is 23.8 Å². The monoisotopic (exact) mass is 491 g/mol. The van der Waals surface area contributed by atoms with Crippen molar-refractivity contribution in [2.24, 2.45) is 0 Å². The van der Waals surface area contributed by atoms with Crippen LogP contribution in [-0.2, 0) is 16.6 Å². The van der Waals surface area contributed by atoms with Crippen molar-refractivity contribution in [2.45, 2.75) is 37.2 Å². The minimum absolute atomic E-state index is 0.157. The maximum absolute atomic E-state index is 13.2. The van der Waals surface area contributed by atoms with Gasteiger partial charge in [-0.25, -0.2) is 12.4 Å². The Morgan fingerprint density at radius 2 is 1.77 bits per heavy atom. The highest BCUT2D eigenvalue weighted by atomic mass is 32.2. The Hall–Kier alpha value is -3.92. The second-order valence-electron chi connectivity index (χ2n) is 8.72. The average Bonchev–Trinajstić information content (AvgIpc) is 3.38. The quantitative estimate of drug-likeness (QED) is 0.413. The molecule has 0 saturated heterocycles. The Kier molecular flexibility index (Phi) is 5.68. The molecule has 2 aromatic carbocycles. The topological polar surface area (TPSA) is 115 Å². The third kappa shape index (κ3) is 4.44. The van der Waals surface area contributed by atoms with Gasteiger partial charge in [0.25, 0.3) is 21.8 Å². The highest BCUT2D eigenvalue weighted by Gasteiger charge is 2.27. The zero-order chi connectivity index (χ0) is 24.7. The highest BCUT2D eigenvalue weighted by molar-refractivity contribution is 7.90. The van der Waals surface area contributed by atoms with Crippen molar-refractivity contribution < 1.29 is 18.0 Å². The summed E-state index contributed by atoms with van der Waals surface area (Å²) in [6, 6.07) is 15.5. The van der Waals surface area contributed by atoms with Gasteiger partial charge in [0.1, 0.15) is 5.69 Å². The van der Waals surface area contributed by atoms with E-state index >= 15 is 0 Å². The molecule has 0 spiro atoms. The Morgan fingerprint density at radius 1 is 1.03 bits per heavy atom. The van der Waals surface area contributed by atoms with Crippen LogP contribution in [0, 0.1) is 6.92 Å². The van der Waals surface area contributed by atoms with Crippen LogP contribution in [0.2, 0.25) is 0 Å². The summed E-state index contributed by atoms with van der Waals surface area (Å²) >= 11 is 0. The van der Waals surface area contributed by atoms with Crippen LogP contribution in [0.4, 0.5) is 0 Å². The molecule has 0 radical (unpaired) electrons. The van der Waals surface area contributed by atoms with E-state index in [1.165, 1.54) is 28.0 Å². The summed E-state index contributed by atoms with van der Waals surface area (Å²) in [5.41, 5.74) is 2.80. The Labute approximate surface area is 202 Å². The number of nitrogens with zero attached hydrogens (tertiary/aromatic N) is 3. The number of carbonyl (C=O) groups excluding carboxylic acids is 2. The van der Waals surface area contributed by atoms with Gasteiger partial charge in [0, 0.05) is 30.7 Å². The summed E-state index contributed by atoms with van der Waals surface area (Å²) < 4.78 is 29.1. The Bertz CT molecular complexity index is 1550. The minimum atomic E-state index is -3.74. The molecule has 10 heteroatoms. The lowest BCUT2D eigenvalue weighted by atomic mass is 10.1. The number of carbonyl (C=O) groups is 2. The number of aryl methyl sites for hydroxylation is 1. The molecule has 4 aromatic rings. The van der Waals surface area contributed by atoms with Crippen LogP contribution in [0.15, 0.2) is 65.7 Å². The van der Waals surface area contributed by atoms with Crippen LogP contribution < -0.4 is 10.6 Å². The smallest absolute Gasteiger partial charge is 0.271 e. The second kappa shape index (κ2) is 8.70. The molecule has 0 atom stereocenters. The molecule has 0 bridgehead atoms. The first kappa shape index (κ1) is 22.9.